The van der Waals surface area contributed by atoms with Gasteiger partial charge >= 0.3 is 0 Å². The van der Waals surface area contributed by atoms with E-state index in [1.807, 2.05) is 0 Å². The molecule has 2 nitrogen and oxygen atoms in total. The van der Waals surface area contributed by atoms with Crippen LogP contribution in [0.25, 0.3) is 0 Å². The van der Waals surface area contributed by atoms with Gasteiger partial charge in [0.2, 0.25) is 0 Å². The predicted molar refractivity (Wildman–Crippen MR) is 76.0 cm³/mol. The summed E-state index contributed by atoms with van der Waals surface area (Å²) in [5.41, 5.74) is 0. The van der Waals surface area contributed by atoms with Crippen LogP contribution in [0.15, 0.2) is 0 Å². The van der Waals surface area contributed by atoms with E-state index in [9.17, 15) is 0 Å². The van der Waals surface area contributed by atoms with Crippen molar-refractivity contribution in [3.05, 3.63) is 0 Å². The molecule has 0 saturated carbocycles. The van der Waals surface area contributed by atoms with Crippen molar-refractivity contribution in [1.29, 1.82) is 0 Å². The fourth-order valence-corrected chi connectivity index (χ4v) is 16.3. The van der Waals surface area contributed by atoms with Crippen LogP contribution in [0.4, 0.5) is 0 Å². The Morgan fingerprint density at radius 2 is 1.53 bits per heavy atom. The van der Waals surface area contributed by atoms with Gasteiger partial charge in [0, 0.05) is 6.61 Å². The first-order valence-electron chi connectivity index (χ1n) is 5.95. The lowest BCUT2D eigenvalue weighted by Crippen LogP contribution is -2.51. The van der Waals surface area contributed by atoms with E-state index in [4.69, 9.17) is 8.54 Å². The largest absolute Gasteiger partial charge is 0.458 e. The van der Waals surface area contributed by atoms with Gasteiger partial charge < -0.3 is 8.54 Å². The van der Waals surface area contributed by atoms with E-state index in [-0.39, 0.29) is 0 Å². The molecule has 0 aromatic carbocycles. The van der Waals surface area contributed by atoms with Crippen LogP contribution < -0.4 is 0 Å². The smallest absolute Gasteiger partial charge is 0.189 e. The summed E-state index contributed by atoms with van der Waals surface area (Å²) >= 11 is 0. The van der Waals surface area contributed by atoms with E-state index < -0.39 is 25.7 Å². The van der Waals surface area contributed by atoms with E-state index >= 15 is 0 Å². The zero-order valence-electron chi connectivity index (χ0n) is 11.7. The molecule has 0 rings (SSSR count). The lowest BCUT2D eigenvalue weighted by Gasteiger charge is -2.40. The topological polar surface area (TPSA) is 18.5 Å². The van der Waals surface area contributed by atoms with Crippen molar-refractivity contribution in [2.75, 3.05) is 6.61 Å². The SMILES string of the molecule is CCO[Si](C)(C)C(C)[Si](C)(C)O[SiH](C)C. The van der Waals surface area contributed by atoms with Gasteiger partial charge in [-0.1, -0.05) is 6.92 Å². The summed E-state index contributed by atoms with van der Waals surface area (Å²) < 4.78 is 12.2. The van der Waals surface area contributed by atoms with Crippen LogP contribution in [0.3, 0.4) is 0 Å². The summed E-state index contributed by atoms with van der Waals surface area (Å²) in [5.74, 6) is 0. The third-order valence-electron chi connectivity index (χ3n) is 3.14. The summed E-state index contributed by atoms with van der Waals surface area (Å²) in [4.78, 5) is 0. The Balaban J connectivity index is 4.59. The highest BCUT2D eigenvalue weighted by Gasteiger charge is 2.43. The van der Waals surface area contributed by atoms with Crippen LogP contribution in [-0.2, 0) is 8.54 Å². The number of hydrogen-bond donors (Lipinski definition) is 0. The lowest BCUT2D eigenvalue weighted by atomic mass is 10.9. The molecule has 0 aliphatic heterocycles. The third-order valence-corrected chi connectivity index (χ3v) is 16.8. The van der Waals surface area contributed by atoms with Gasteiger partial charge in [-0.25, -0.2) is 0 Å². The molecule has 92 valence electrons. The third kappa shape index (κ3) is 4.95. The Labute approximate surface area is 99.4 Å². The van der Waals surface area contributed by atoms with E-state index in [2.05, 4.69) is 53.1 Å². The standard InChI is InChI=1S/C10H28O2Si3/c1-9-11-14(5,6)10(2)15(7,8)12-13(3)4/h10,13H,9H2,1-8H3. The van der Waals surface area contributed by atoms with Crippen LogP contribution in [0.1, 0.15) is 13.8 Å². The second kappa shape index (κ2) is 5.77. The highest BCUT2D eigenvalue weighted by Crippen LogP contribution is 2.33. The molecule has 0 heterocycles. The van der Waals surface area contributed by atoms with Crippen molar-refractivity contribution in [3.63, 3.8) is 0 Å². The monoisotopic (exact) mass is 264 g/mol. The molecule has 0 aliphatic carbocycles. The predicted octanol–water partition coefficient (Wildman–Crippen LogP) is 3.36. The normalized spacial score (nSPS) is 15.8. The van der Waals surface area contributed by atoms with E-state index in [0.717, 1.165) is 6.61 Å². The quantitative estimate of drug-likeness (QED) is 0.685. The fourth-order valence-electron chi connectivity index (χ4n) is 2.04. The first-order chi connectivity index (χ1) is 6.63. The maximum Gasteiger partial charge on any atom is 0.189 e. The van der Waals surface area contributed by atoms with E-state index in [0.29, 0.717) is 5.16 Å². The van der Waals surface area contributed by atoms with Gasteiger partial charge in [-0.15, -0.1) is 0 Å². The molecule has 0 fully saturated rings. The first kappa shape index (κ1) is 15.6. The minimum Gasteiger partial charge on any atom is -0.458 e. The molecule has 0 bridgehead atoms. The molecular formula is C10H28O2Si3. The Morgan fingerprint density at radius 3 is 1.87 bits per heavy atom. The molecule has 0 aromatic rings. The first-order valence-corrected chi connectivity index (χ1v) is 14.7. The zero-order valence-corrected chi connectivity index (χ0v) is 14.8. The molecule has 1 atom stereocenters. The summed E-state index contributed by atoms with van der Waals surface area (Å²) in [6.07, 6.45) is 0. The van der Waals surface area contributed by atoms with Crippen LogP contribution >= 0.6 is 0 Å². The van der Waals surface area contributed by atoms with Crippen LogP contribution in [0.5, 0.6) is 0 Å². The Hall–Kier alpha value is 0.571. The van der Waals surface area contributed by atoms with Gasteiger partial charge in [0.15, 0.2) is 25.7 Å². The zero-order chi connectivity index (χ0) is 12.3. The van der Waals surface area contributed by atoms with Gasteiger partial charge in [0.1, 0.15) is 0 Å². The molecule has 1 unspecified atom stereocenters. The van der Waals surface area contributed by atoms with Crippen molar-refractivity contribution in [1.82, 2.24) is 0 Å². The van der Waals surface area contributed by atoms with Crippen molar-refractivity contribution in [2.45, 2.75) is 58.3 Å². The van der Waals surface area contributed by atoms with Crippen LogP contribution in [0, 0.1) is 0 Å². The van der Waals surface area contributed by atoms with Crippen LogP contribution in [-0.4, -0.2) is 32.3 Å². The van der Waals surface area contributed by atoms with Gasteiger partial charge in [-0.05, 0) is 51.4 Å². The van der Waals surface area contributed by atoms with E-state index in [1.54, 1.807) is 0 Å². The molecule has 15 heavy (non-hydrogen) atoms. The average Bonchev–Trinajstić information content (AvgIpc) is 2.00. The molecule has 5 heteroatoms. The second-order valence-electron chi connectivity index (χ2n) is 5.53. The van der Waals surface area contributed by atoms with Gasteiger partial charge in [0.05, 0.1) is 0 Å². The van der Waals surface area contributed by atoms with Crippen molar-refractivity contribution in [3.8, 4) is 0 Å². The summed E-state index contributed by atoms with van der Waals surface area (Å²) in [6, 6.07) is 0. The minimum atomic E-state index is -1.55. The molecule has 0 aromatic heterocycles. The van der Waals surface area contributed by atoms with Gasteiger partial charge in [-0.2, -0.15) is 0 Å². The second-order valence-corrected chi connectivity index (χ2v) is 17.6. The molecule has 0 aliphatic rings. The highest BCUT2D eigenvalue weighted by atomic mass is 28.4. The van der Waals surface area contributed by atoms with Crippen molar-refractivity contribution in [2.24, 2.45) is 0 Å². The minimum absolute atomic E-state index is 0.653. The number of hydrogen-bond acceptors (Lipinski definition) is 2. The Kier molecular flexibility index (Phi) is 5.99. The van der Waals surface area contributed by atoms with Crippen molar-refractivity contribution < 1.29 is 8.54 Å². The Bertz CT molecular complexity index is 193. The average molecular weight is 265 g/mol. The van der Waals surface area contributed by atoms with Crippen LogP contribution in [0.2, 0.25) is 44.4 Å². The number of rotatable bonds is 6. The molecule has 0 N–H and O–H groups in total. The molecule has 0 spiro atoms. The maximum atomic E-state index is 6.26. The summed E-state index contributed by atoms with van der Waals surface area (Å²) in [5, 5.41) is 0.653. The van der Waals surface area contributed by atoms with Crippen molar-refractivity contribution >= 4 is 25.7 Å². The molecule has 0 radical (unpaired) electrons. The highest BCUT2D eigenvalue weighted by molar-refractivity contribution is 6.93. The molecular weight excluding hydrogens is 236 g/mol. The molecule has 0 saturated heterocycles. The maximum absolute atomic E-state index is 6.26. The Morgan fingerprint density at radius 1 is 1.07 bits per heavy atom. The summed E-state index contributed by atoms with van der Waals surface area (Å²) in [7, 11) is -4.01. The summed E-state index contributed by atoms with van der Waals surface area (Å²) in [6.45, 7) is 19.1. The van der Waals surface area contributed by atoms with E-state index in [1.165, 1.54) is 0 Å². The fraction of sp³-hybridized carbons (Fsp3) is 1.00. The van der Waals surface area contributed by atoms with Gasteiger partial charge in [0.25, 0.3) is 0 Å². The van der Waals surface area contributed by atoms with Gasteiger partial charge in [-0.3, -0.25) is 0 Å². The lowest BCUT2D eigenvalue weighted by molar-refractivity contribution is 0.325. The molecule has 0 amide bonds.